The second kappa shape index (κ2) is 11.6. The Morgan fingerprint density at radius 1 is 1.35 bits per heavy atom. The number of H-pyrrole nitrogens is 1. The van der Waals surface area contributed by atoms with Crippen molar-refractivity contribution < 1.29 is 40.8 Å². The molecule has 1 fully saturated rings. The summed E-state index contributed by atoms with van der Waals surface area (Å²) in [4.78, 5) is 31.7. The van der Waals surface area contributed by atoms with E-state index in [1.54, 1.807) is 32.0 Å². The van der Waals surface area contributed by atoms with Crippen LogP contribution in [0.5, 0.6) is 5.75 Å². The van der Waals surface area contributed by atoms with Crippen molar-refractivity contribution in [3.8, 4) is 18.1 Å². The first-order chi connectivity index (χ1) is 19.6. The number of aliphatic hydroxyl groups excluding tert-OH is 1. The molecule has 12 nitrogen and oxygen atoms in total. The molecular weight excluding hydrogens is 541 g/mol. The maximum absolute atomic E-state index is 14.1. The Morgan fingerprint density at radius 2 is 2.05 bits per heavy atom. The molecule has 40 heavy (non-hydrogen) atoms. The molecule has 0 amide bonds. The largest absolute Gasteiger partial charge is 0.463 e. The lowest BCUT2D eigenvalue weighted by Crippen LogP contribution is -2.46. The van der Waals surface area contributed by atoms with Gasteiger partial charge in [-0.15, -0.1) is 6.42 Å². The van der Waals surface area contributed by atoms with Crippen LogP contribution in [0.15, 0.2) is 47.4 Å². The number of aromatic nitrogens is 3. The van der Waals surface area contributed by atoms with Crippen molar-refractivity contribution in [2.75, 3.05) is 12.7 Å². The van der Waals surface area contributed by atoms with E-state index in [1.165, 1.54) is 42.8 Å². The Kier molecular flexibility index (Phi) is 7.74. The van der Waals surface area contributed by atoms with Crippen molar-refractivity contribution in [1.29, 1.82) is 0 Å². The van der Waals surface area contributed by atoms with Crippen molar-refractivity contribution in [3.05, 3.63) is 58.8 Å². The fraction of sp³-hybridized carbons (Fsp3) is 0.444. The van der Waals surface area contributed by atoms with E-state index in [0.717, 1.165) is 0 Å². The van der Waals surface area contributed by atoms with E-state index in [2.05, 4.69) is 15.9 Å². The number of nitrogens with zero attached hydrogens (tertiary/aromatic N) is 2. The van der Waals surface area contributed by atoms with Gasteiger partial charge in [0.15, 0.2) is 11.8 Å². The van der Waals surface area contributed by atoms with Crippen LogP contribution in [0.2, 0.25) is 0 Å². The maximum atomic E-state index is 14.1. The molecule has 13 heteroatoms. The first-order valence-electron chi connectivity index (χ1n) is 13.5. The number of carbonyl (C=O) groups is 1. The Balaban J connectivity index is 1.69. The zero-order valence-corrected chi connectivity index (χ0v) is 23.2. The molecule has 0 bridgehead atoms. The van der Waals surface area contributed by atoms with E-state index in [9.17, 15) is 24.4 Å². The third-order valence-corrected chi connectivity index (χ3v) is 7.99. The van der Waals surface area contributed by atoms with Gasteiger partial charge in [-0.1, -0.05) is 31.0 Å². The van der Waals surface area contributed by atoms with Gasteiger partial charge in [0.05, 0.1) is 32.9 Å². The van der Waals surface area contributed by atoms with Crippen molar-refractivity contribution in [1.82, 2.24) is 14.5 Å². The number of terminal acetylenes is 1. The van der Waals surface area contributed by atoms with E-state index < -0.39 is 67.9 Å². The maximum Gasteiger partial charge on any atom is 0.380 e. The fourth-order valence-corrected chi connectivity index (χ4v) is 5.90. The normalized spacial score (nSPS) is 26.0. The zero-order valence-electron chi connectivity index (χ0n) is 24.3. The van der Waals surface area contributed by atoms with Crippen molar-refractivity contribution in [2.45, 2.75) is 57.8 Å². The SMILES string of the molecule is [2H]C([2H])(O[P@@](=O)(C[C@@H](C)C(=O)OC(C)C)Oc1ccccc1)[C@H]1O[C@@H](n2ccc3c(=O)[nH]c(C)nc32)C(O)(C#C)[C@H]1O. The number of para-hydroxylation sites is 1. The Bertz CT molecular complexity index is 1600. The number of hydrogen-bond donors (Lipinski definition) is 3. The highest BCUT2D eigenvalue weighted by Gasteiger charge is 2.56. The average Bonchev–Trinajstić information content (AvgIpc) is 3.42. The topological polar surface area (TPSA) is 162 Å². The number of benzene rings is 1. The molecule has 214 valence electrons. The number of esters is 1. The number of aryl methyl sites for hydroxylation is 1. The number of rotatable bonds is 10. The second-order valence-electron chi connectivity index (χ2n) is 9.73. The van der Waals surface area contributed by atoms with Gasteiger partial charge in [0.25, 0.3) is 5.56 Å². The summed E-state index contributed by atoms with van der Waals surface area (Å²) >= 11 is 0. The summed E-state index contributed by atoms with van der Waals surface area (Å²) in [7, 11) is -4.54. The van der Waals surface area contributed by atoms with Crippen LogP contribution >= 0.6 is 7.60 Å². The number of ether oxygens (including phenoxy) is 2. The molecule has 0 aliphatic carbocycles. The van der Waals surface area contributed by atoms with Crippen molar-refractivity contribution in [2.24, 2.45) is 5.92 Å². The van der Waals surface area contributed by atoms with Gasteiger partial charge in [-0.2, -0.15) is 0 Å². The van der Waals surface area contributed by atoms with Gasteiger partial charge in [-0.25, -0.2) is 9.55 Å². The smallest absolute Gasteiger partial charge is 0.380 e. The van der Waals surface area contributed by atoms with Gasteiger partial charge < -0.3 is 33.8 Å². The van der Waals surface area contributed by atoms with Crippen molar-refractivity contribution in [3.63, 3.8) is 0 Å². The molecule has 1 aliphatic rings. The number of carbonyl (C=O) groups excluding carboxylic acids is 1. The van der Waals surface area contributed by atoms with Gasteiger partial charge in [-0.05, 0) is 39.0 Å². The summed E-state index contributed by atoms with van der Waals surface area (Å²) < 4.78 is 54.6. The van der Waals surface area contributed by atoms with Gasteiger partial charge in [0.2, 0.25) is 0 Å². The van der Waals surface area contributed by atoms with E-state index in [-0.39, 0.29) is 22.6 Å². The second-order valence-corrected chi connectivity index (χ2v) is 11.7. The third kappa shape index (κ3) is 5.99. The van der Waals surface area contributed by atoms with Gasteiger partial charge in [0, 0.05) is 6.20 Å². The number of fused-ring (bicyclic) bond motifs is 1. The molecule has 3 N–H and O–H groups in total. The highest BCUT2D eigenvalue weighted by atomic mass is 31.2. The quantitative estimate of drug-likeness (QED) is 0.186. The number of hydrogen-bond acceptors (Lipinski definition) is 10. The summed E-state index contributed by atoms with van der Waals surface area (Å²) in [5, 5.41) is 22.6. The van der Waals surface area contributed by atoms with Crippen molar-refractivity contribution >= 4 is 24.6 Å². The molecule has 4 rings (SSSR count). The molecule has 1 unspecified atom stereocenters. The zero-order chi connectivity index (χ0) is 31.0. The summed E-state index contributed by atoms with van der Waals surface area (Å²) in [6.45, 7) is 3.14. The Morgan fingerprint density at radius 3 is 2.70 bits per heavy atom. The lowest BCUT2D eigenvalue weighted by molar-refractivity contribution is -0.151. The number of aromatic amines is 1. The monoisotopic (exact) mass is 575 g/mol. The Hall–Kier alpha value is -3.46. The van der Waals surface area contributed by atoms with E-state index in [1.807, 2.05) is 0 Å². The molecule has 0 spiro atoms. The molecular formula is C27H32N3O9P. The van der Waals surface area contributed by atoms with Crippen LogP contribution < -0.4 is 10.1 Å². The van der Waals surface area contributed by atoms with E-state index in [4.69, 9.17) is 27.7 Å². The molecule has 3 aromatic rings. The Labute approximate surface area is 233 Å². The standard InChI is InChI=1S/C27H32N3O9P/c1-6-27(34)22(31)21(38-26(27)30-13-12-20-23(30)28-18(5)29-24(20)32)14-36-40(35,39-19-10-8-7-9-11-19)15-17(4)25(33)37-16(2)3/h1,7-13,16-17,21-22,26,31,34H,14-15H2,2-5H3,(H,28,29,32)/t17-,21-,22+,26-,27?,40+/m1/s1/i14D2. The first kappa shape index (κ1) is 26.7. The summed E-state index contributed by atoms with van der Waals surface area (Å²) in [6, 6.07) is 9.18. The molecule has 1 saturated heterocycles. The van der Waals surface area contributed by atoms with E-state index in [0.29, 0.717) is 0 Å². The highest BCUT2D eigenvalue weighted by molar-refractivity contribution is 7.54. The molecule has 0 saturated carbocycles. The van der Waals surface area contributed by atoms with E-state index >= 15 is 0 Å². The first-order valence-corrected chi connectivity index (χ1v) is 14.2. The highest BCUT2D eigenvalue weighted by Crippen LogP contribution is 2.51. The predicted octanol–water partition coefficient (Wildman–Crippen LogP) is 2.53. The van der Waals surface area contributed by atoms with Gasteiger partial charge >= 0.3 is 13.6 Å². The van der Waals surface area contributed by atoms with Crippen LogP contribution in [-0.2, 0) is 23.4 Å². The lowest BCUT2D eigenvalue weighted by atomic mass is 9.95. The summed E-state index contributed by atoms with van der Waals surface area (Å²) in [5.74, 6) is 0.620. The van der Waals surface area contributed by atoms with Crippen LogP contribution in [0.3, 0.4) is 0 Å². The minimum atomic E-state index is -4.54. The molecule has 6 atom stereocenters. The van der Waals surface area contributed by atoms with Gasteiger partial charge in [0.1, 0.15) is 29.4 Å². The summed E-state index contributed by atoms with van der Waals surface area (Å²) in [6.07, 6.45) is 0.122. The molecule has 1 aromatic carbocycles. The minimum Gasteiger partial charge on any atom is -0.463 e. The van der Waals surface area contributed by atoms with Crippen LogP contribution in [-0.4, -0.2) is 67.4 Å². The molecule has 1 aliphatic heterocycles. The van der Waals surface area contributed by atoms with Crippen LogP contribution in [0, 0.1) is 25.2 Å². The number of nitrogens with one attached hydrogen (secondary N) is 1. The molecule has 2 aromatic heterocycles. The van der Waals surface area contributed by atoms with Crippen LogP contribution in [0.25, 0.3) is 11.0 Å². The summed E-state index contributed by atoms with van der Waals surface area (Å²) in [5.41, 5.74) is -2.96. The minimum absolute atomic E-state index is 0.0554. The van der Waals surface area contributed by atoms with Gasteiger partial charge in [-0.3, -0.25) is 14.1 Å². The van der Waals surface area contributed by atoms with Crippen LogP contribution in [0.4, 0.5) is 0 Å². The number of aliphatic hydroxyl groups is 2. The average molecular weight is 576 g/mol. The molecule has 3 heterocycles. The van der Waals surface area contributed by atoms with Crippen LogP contribution in [0.1, 0.15) is 35.6 Å². The predicted molar refractivity (Wildman–Crippen MR) is 145 cm³/mol. The third-order valence-electron chi connectivity index (χ3n) is 6.12. The molecule has 0 radical (unpaired) electrons. The fourth-order valence-electron chi connectivity index (χ4n) is 4.19. The lowest BCUT2D eigenvalue weighted by Gasteiger charge is -2.26.